The molecule has 2 saturated heterocycles. The van der Waals surface area contributed by atoms with Gasteiger partial charge in [-0.25, -0.2) is 4.79 Å². The molecular formula is C19H29N3O2. The lowest BCUT2D eigenvalue weighted by Gasteiger charge is -2.38. The van der Waals surface area contributed by atoms with E-state index >= 15 is 0 Å². The summed E-state index contributed by atoms with van der Waals surface area (Å²) in [6.45, 7) is 8.34. The number of hydrogen-bond acceptors (Lipinski definition) is 3. The van der Waals surface area contributed by atoms with Gasteiger partial charge in [-0.1, -0.05) is 37.3 Å². The maximum Gasteiger partial charge on any atom is 0.317 e. The molecule has 0 aliphatic carbocycles. The Hall–Kier alpha value is -1.59. The van der Waals surface area contributed by atoms with Crippen LogP contribution in [0.15, 0.2) is 30.3 Å². The maximum absolute atomic E-state index is 12.3. The van der Waals surface area contributed by atoms with Crippen molar-refractivity contribution >= 4 is 6.03 Å². The predicted octanol–water partition coefficient (Wildman–Crippen LogP) is 2.19. The molecule has 0 radical (unpaired) electrons. The fourth-order valence-corrected chi connectivity index (χ4v) is 3.49. The molecular weight excluding hydrogens is 302 g/mol. The number of carbonyl (C=O) groups is 1. The zero-order valence-corrected chi connectivity index (χ0v) is 14.8. The Balaban J connectivity index is 1.39. The summed E-state index contributed by atoms with van der Waals surface area (Å²) in [4.78, 5) is 16.6. The molecule has 132 valence electrons. The second-order valence-corrected chi connectivity index (χ2v) is 7.72. The Kier molecular flexibility index (Phi) is 5.41. The molecule has 0 saturated carbocycles. The van der Waals surface area contributed by atoms with Crippen molar-refractivity contribution in [3.8, 4) is 0 Å². The first-order chi connectivity index (χ1) is 11.5. The Bertz CT molecular complexity index is 545. The number of ether oxygens (including phenoxy) is 1. The molecule has 2 fully saturated rings. The molecule has 0 bridgehead atoms. The minimum Gasteiger partial charge on any atom is -0.380 e. The molecule has 5 nitrogen and oxygen atoms in total. The summed E-state index contributed by atoms with van der Waals surface area (Å²) < 4.78 is 5.23. The molecule has 2 heterocycles. The van der Waals surface area contributed by atoms with Gasteiger partial charge >= 0.3 is 6.03 Å². The monoisotopic (exact) mass is 331 g/mol. The van der Waals surface area contributed by atoms with Crippen molar-refractivity contribution in [3.63, 3.8) is 0 Å². The molecule has 0 spiro atoms. The third-order valence-electron chi connectivity index (χ3n) is 5.07. The highest BCUT2D eigenvalue weighted by atomic mass is 16.5. The van der Waals surface area contributed by atoms with Crippen molar-refractivity contribution in [1.82, 2.24) is 15.1 Å². The number of hydrogen-bond donors (Lipinski definition) is 1. The fourth-order valence-electron chi connectivity index (χ4n) is 3.49. The first-order valence-corrected chi connectivity index (χ1v) is 8.87. The summed E-state index contributed by atoms with van der Waals surface area (Å²) in [6.07, 6.45) is 1.16. The largest absolute Gasteiger partial charge is 0.380 e. The van der Waals surface area contributed by atoms with E-state index in [2.05, 4.69) is 47.5 Å². The normalized spacial score (nSPS) is 22.8. The number of nitrogens with zero attached hydrogens (tertiary/aromatic N) is 2. The van der Waals surface area contributed by atoms with Crippen molar-refractivity contribution in [2.75, 3.05) is 46.4 Å². The molecule has 2 aliphatic rings. The zero-order chi connectivity index (χ0) is 17.0. The van der Waals surface area contributed by atoms with E-state index in [0.717, 1.165) is 45.8 Å². The molecule has 3 rings (SSSR count). The van der Waals surface area contributed by atoms with E-state index in [0.29, 0.717) is 12.5 Å². The van der Waals surface area contributed by atoms with Crippen LogP contribution in [0, 0.1) is 11.3 Å². The lowest BCUT2D eigenvalue weighted by molar-refractivity contribution is -0.0978. The van der Waals surface area contributed by atoms with Crippen LogP contribution in [-0.4, -0.2) is 62.3 Å². The zero-order valence-electron chi connectivity index (χ0n) is 14.8. The van der Waals surface area contributed by atoms with E-state index < -0.39 is 0 Å². The van der Waals surface area contributed by atoms with E-state index in [1.807, 2.05) is 11.9 Å². The molecule has 24 heavy (non-hydrogen) atoms. The summed E-state index contributed by atoms with van der Waals surface area (Å²) in [5.74, 6) is 0.562. The molecule has 1 unspecified atom stereocenters. The molecule has 5 heteroatoms. The highest BCUT2D eigenvalue weighted by molar-refractivity contribution is 5.73. The molecule has 1 atom stereocenters. The standard InChI is InChI=1S/C19H29N3O2/c1-19(14-24-15-19)13-20-18(23)21(2)10-17-8-9-22(12-17)11-16-6-4-3-5-7-16/h3-7,17H,8-15H2,1-2H3,(H,20,23). The van der Waals surface area contributed by atoms with Crippen molar-refractivity contribution in [2.24, 2.45) is 11.3 Å². The van der Waals surface area contributed by atoms with Gasteiger partial charge in [0.2, 0.25) is 0 Å². The summed E-state index contributed by atoms with van der Waals surface area (Å²) >= 11 is 0. The van der Waals surface area contributed by atoms with Crippen molar-refractivity contribution in [1.29, 1.82) is 0 Å². The molecule has 2 aliphatic heterocycles. The van der Waals surface area contributed by atoms with Crippen LogP contribution in [0.2, 0.25) is 0 Å². The van der Waals surface area contributed by atoms with Gasteiger partial charge in [0.25, 0.3) is 0 Å². The number of benzene rings is 1. The highest BCUT2D eigenvalue weighted by Gasteiger charge is 2.34. The van der Waals surface area contributed by atoms with Crippen molar-refractivity contribution in [3.05, 3.63) is 35.9 Å². The lowest BCUT2D eigenvalue weighted by atomic mass is 9.89. The van der Waals surface area contributed by atoms with Crippen molar-refractivity contribution < 1.29 is 9.53 Å². The second-order valence-electron chi connectivity index (χ2n) is 7.72. The van der Waals surface area contributed by atoms with E-state index in [1.165, 1.54) is 5.56 Å². The van der Waals surface area contributed by atoms with Gasteiger partial charge in [-0.2, -0.15) is 0 Å². The van der Waals surface area contributed by atoms with Crippen molar-refractivity contribution in [2.45, 2.75) is 19.9 Å². The Labute approximate surface area is 145 Å². The maximum atomic E-state index is 12.3. The molecule has 2 amide bonds. The first kappa shape index (κ1) is 17.2. The van der Waals surface area contributed by atoms with Crippen LogP contribution in [0.3, 0.4) is 0 Å². The van der Waals surface area contributed by atoms with Gasteiger partial charge in [-0.05, 0) is 24.4 Å². The van der Waals surface area contributed by atoms with E-state index in [9.17, 15) is 4.79 Å². The van der Waals surface area contributed by atoms with Crippen LogP contribution in [0.5, 0.6) is 0 Å². The number of rotatable bonds is 6. The highest BCUT2D eigenvalue weighted by Crippen LogP contribution is 2.25. The van der Waals surface area contributed by atoms with Crippen LogP contribution in [-0.2, 0) is 11.3 Å². The van der Waals surface area contributed by atoms with Gasteiger partial charge < -0.3 is 15.0 Å². The minimum atomic E-state index is 0.0321. The topological polar surface area (TPSA) is 44.8 Å². The van der Waals surface area contributed by atoms with Crippen LogP contribution < -0.4 is 5.32 Å². The first-order valence-electron chi connectivity index (χ1n) is 8.87. The van der Waals surface area contributed by atoms with E-state index in [4.69, 9.17) is 4.74 Å². The third kappa shape index (κ3) is 4.48. The Morgan fingerprint density at radius 3 is 2.79 bits per heavy atom. The lowest BCUT2D eigenvalue weighted by Crippen LogP contribution is -2.51. The Morgan fingerprint density at radius 1 is 1.38 bits per heavy atom. The Morgan fingerprint density at radius 2 is 2.12 bits per heavy atom. The van der Waals surface area contributed by atoms with Gasteiger partial charge in [0.1, 0.15) is 0 Å². The summed E-state index contributed by atoms with van der Waals surface area (Å²) in [5.41, 5.74) is 1.48. The minimum absolute atomic E-state index is 0.0321. The molecule has 0 aromatic heterocycles. The SMILES string of the molecule is CN(CC1CCN(Cc2ccccc2)C1)C(=O)NCC1(C)COC1. The number of likely N-dealkylation sites (tertiary alicyclic amines) is 1. The third-order valence-corrected chi connectivity index (χ3v) is 5.07. The fraction of sp³-hybridized carbons (Fsp3) is 0.632. The van der Waals surface area contributed by atoms with Gasteiger partial charge in [0, 0.05) is 38.6 Å². The number of amides is 2. The second kappa shape index (κ2) is 7.53. The summed E-state index contributed by atoms with van der Waals surface area (Å²) in [6, 6.07) is 10.6. The average Bonchev–Trinajstić information content (AvgIpc) is 2.98. The molecule has 1 aromatic rings. The van der Waals surface area contributed by atoms with Gasteiger partial charge in [0.15, 0.2) is 0 Å². The van der Waals surface area contributed by atoms with Gasteiger partial charge in [0.05, 0.1) is 13.2 Å². The summed E-state index contributed by atoms with van der Waals surface area (Å²) in [7, 11) is 1.90. The van der Waals surface area contributed by atoms with Gasteiger partial charge in [-0.15, -0.1) is 0 Å². The molecule has 1 aromatic carbocycles. The van der Waals surface area contributed by atoms with Crippen LogP contribution >= 0.6 is 0 Å². The number of carbonyl (C=O) groups excluding carboxylic acids is 1. The van der Waals surface area contributed by atoms with Crippen LogP contribution in [0.4, 0.5) is 4.79 Å². The van der Waals surface area contributed by atoms with E-state index in [-0.39, 0.29) is 11.4 Å². The number of nitrogens with one attached hydrogen (secondary N) is 1. The predicted molar refractivity (Wildman–Crippen MR) is 94.8 cm³/mol. The number of urea groups is 1. The van der Waals surface area contributed by atoms with Crippen LogP contribution in [0.25, 0.3) is 0 Å². The van der Waals surface area contributed by atoms with Crippen LogP contribution in [0.1, 0.15) is 18.9 Å². The van der Waals surface area contributed by atoms with E-state index in [1.54, 1.807) is 0 Å². The quantitative estimate of drug-likeness (QED) is 0.869. The average molecular weight is 331 g/mol. The molecule has 1 N–H and O–H groups in total. The summed E-state index contributed by atoms with van der Waals surface area (Å²) in [5, 5.41) is 3.04. The smallest absolute Gasteiger partial charge is 0.317 e. The van der Waals surface area contributed by atoms with Gasteiger partial charge in [-0.3, -0.25) is 4.90 Å².